The standard InChI is InChI=1S/C13H27N3O/c1-12(14)6-5-7-13(17)15(2)10-11-16-8-3-4-9-16/h12H,3-11,14H2,1-2H3. The molecule has 1 unspecified atom stereocenters. The maximum absolute atomic E-state index is 11.8. The summed E-state index contributed by atoms with van der Waals surface area (Å²) in [6, 6.07) is 0.206. The zero-order valence-electron chi connectivity index (χ0n) is 11.3. The third-order valence-corrected chi connectivity index (χ3v) is 3.43. The van der Waals surface area contributed by atoms with E-state index < -0.39 is 0 Å². The van der Waals surface area contributed by atoms with Gasteiger partial charge in [0.15, 0.2) is 0 Å². The molecule has 100 valence electrons. The van der Waals surface area contributed by atoms with Crippen LogP contribution in [0.5, 0.6) is 0 Å². The molecule has 1 rings (SSSR count). The summed E-state index contributed by atoms with van der Waals surface area (Å²) in [7, 11) is 1.91. The van der Waals surface area contributed by atoms with Crippen LogP contribution in [-0.4, -0.2) is 55.0 Å². The van der Waals surface area contributed by atoms with E-state index in [1.165, 1.54) is 25.9 Å². The average molecular weight is 241 g/mol. The van der Waals surface area contributed by atoms with Gasteiger partial charge < -0.3 is 15.5 Å². The molecule has 4 nitrogen and oxygen atoms in total. The fraction of sp³-hybridized carbons (Fsp3) is 0.923. The Morgan fingerprint density at radius 2 is 2.06 bits per heavy atom. The molecule has 1 saturated heterocycles. The van der Waals surface area contributed by atoms with Crippen LogP contribution in [0.25, 0.3) is 0 Å². The second kappa shape index (κ2) is 7.67. The lowest BCUT2D eigenvalue weighted by molar-refractivity contribution is -0.130. The number of carbonyl (C=O) groups is 1. The summed E-state index contributed by atoms with van der Waals surface area (Å²) < 4.78 is 0. The zero-order chi connectivity index (χ0) is 12.7. The van der Waals surface area contributed by atoms with E-state index in [-0.39, 0.29) is 11.9 Å². The van der Waals surface area contributed by atoms with Gasteiger partial charge in [0.05, 0.1) is 0 Å². The van der Waals surface area contributed by atoms with Gasteiger partial charge in [-0.25, -0.2) is 0 Å². The fourth-order valence-corrected chi connectivity index (χ4v) is 2.19. The van der Waals surface area contributed by atoms with Gasteiger partial charge in [0.2, 0.25) is 5.91 Å². The van der Waals surface area contributed by atoms with E-state index in [2.05, 4.69) is 4.90 Å². The molecule has 1 aliphatic rings. The second-order valence-corrected chi connectivity index (χ2v) is 5.23. The van der Waals surface area contributed by atoms with Gasteiger partial charge in [-0.2, -0.15) is 0 Å². The van der Waals surface area contributed by atoms with Crippen molar-refractivity contribution in [1.29, 1.82) is 0 Å². The van der Waals surface area contributed by atoms with Crippen LogP contribution in [0.2, 0.25) is 0 Å². The van der Waals surface area contributed by atoms with E-state index in [1.807, 2.05) is 18.9 Å². The van der Waals surface area contributed by atoms with Gasteiger partial charge in [0.1, 0.15) is 0 Å². The lowest BCUT2D eigenvalue weighted by atomic mass is 10.1. The maximum Gasteiger partial charge on any atom is 0.222 e. The number of likely N-dealkylation sites (N-methyl/N-ethyl adjacent to an activating group) is 1. The van der Waals surface area contributed by atoms with Crippen molar-refractivity contribution in [2.45, 2.75) is 45.1 Å². The minimum Gasteiger partial charge on any atom is -0.344 e. The van der Waals surface area contributed by atoms with Crippen LogP contribution in [0, 0.1) is 0 Å². The molecule has 0 spiro atoms. The fourth-order valence-electron chi connectivity index (χ4n) is 2.19. The summed E-state index contributed by atoms with van der Waals surface area (Å²) >= 11 is 0. The van der Waals surface area contributed by atoms with Crippen molar-refractivity contribution >= 4 is 5.91 Å². The number of amides is 1. The van der Waals surface area contributed by atoms with E-state index in [0.717, 1.165) is 25.9 Å². The maximum atomic E-state index is 11.8. The smallest absolute Gasteiger partial charge is 0.222 e. The predicted octanol–water partition coefficient (Wildman–Crippen LogP) is 1.06. The van der Waals surface area contributed by atoms with Crippen molar-refractivity contribution in [2.75, 3.05) is 33.2 Å². The molecule has 0 aromatic heterocycles. The molecule has 0 bridgehead atoms. The average Bonchev–Trinajstić information content (AvgIpc) is 2.78. The number of nitrogens with two attached hydrogens (primary N) is 1. The predicted molar refractivity (Wildman–Crippen MR) is 70.8 cm³/mol. The summed E-state index contributed by atoms with van der Waals surface area (Å²) in [5.41, 5.74) is 5.66. The number of hydrogen-bond acceptors (Lipinski definition) is 3. The van der Waals surface area contributed by atoms with Crippen molar-refractivity contribution in [2.24, 2.45) is 5.73 Å². The van der Waals surface area contributed by atoms with Gasteiger partial charge in [-0.1, -0.05) is 0 Å². The number of likely N-dealkylation sites (tertiary alicyclic amines) is 1. The Balaban J connectivity index is 2.08. The van der Waals surface area contributed by atoms with Crippen LogP contribution in [0.3, 0.4) is 0 Å². The highest BCUT2D eigenvalue weighted by Crippen LogP contribution is 2.07. The monoisotopic (exact) mass is 241 g/mol. The zero-order valence-corrected chi connectivity index (χ0v) is 11.3. The summed E-state index contributed by atoms with van der Waals surface area (Å²) in [6.45, 7) is 6.27. The number of rotatable bonds is 7. The topological polar surface area (TPSA) is 49.6 Å². The highest BCUT2D eigenvalue weighted by Gasteiger charge is 2.14. The Morgan fingerprint density at radius 3 is 2.65 bits per heavy atom. The molecule has 17 heavy (non-hydrogen) atoms. The first-order chi connectivity index (χ1) is 8.09. The van der Waals surface area contributed by atoms with E-state index >= 15 is 0 Å². The minimum atomic E-state index is 0.206. The normalized spacial score (nSPS) is 18.3. The number of carbonyl (C=O) groups excluding carboxylic acids is 1. The Bertz CT molecular complexity index is 225. The Hall–Kier alpha value is -0.610. The second-order valence-electron chi connectivity index (χ2n) is 5.23. The van der Waals surface area contributed by atoms with Crippen molar-refractivity contribution in [3.8, 4) is 0 Å². The highest BCUT2D eigenvalue weighted by molar-refractivity contribution is 5.75. The number of hydrogen-bond donors (Lipinski definition) is 1. The quantitative estimate of drug-likeness (QED) is 0.725. The lowest BCUT2D eigenvalue weighted by Gasteiger charge is -2.21. The van der Waals surface area contributed by atoms with Gasteiger partial charge in [-0.15, -0.1) is 0 Å². The van der Waals surface area contributed by atoms with Crippen LogP contribution in [-0.2, 0) is 4.79 Å². The van der Waals surface area contributed by atoms with Crippen LogP contribution >= 0.6 is 0 Å². The van der Waals surface area contributed by atoms with Gasteiger partial charge in [-0.3, -0.25) is 4.79 Å². The van der Waals surface area contributed by atoms with Crippen LogP contribution in [0.4, 0.5) is 0 Å². The van der Waals surface area contributed by atoms with Crippen molar-refractivity contribution in [3.05, 3.63) is 0 Å². The first kappa shape index (κ1) is 14.5. The molecule has 1 heterocycles. The molecule has 0 saturated carbocycles. The SMILES string of the molecule is CC(N)CCCC(=O)N(C)CCN1CCCC1. The van der Waals surface area contributed by atoms with Gasteiger partial charge in [-0.05, 0) is 45.7 Å². The summed E-state index contributed by atoms with van der Waals surface area (Å²) in [5.74, 6) is 0.254. The molecule has 1 atom stereocenters. The highest BCUT2D eigenvalue weighted by atomic mass is 16.2. The molecule has 0 aromatic carbocycles. The Morgan fingerprint density at radius 1 is 1.41 bits per heavy atom. The molecule has 0 aromatic rings. The Labute approximate surface area is 105 Å². The first-order valence-electron chi connectivity index (χ1n) is 6.81. The molecule has 1 aliphatic heterocycles. The van der Waals surface area contributed by atoms with Crippen molar-refractivity contribution in [3.63, 3.8) is 0 Å². The molecule has 2 N–H and O–H groups in total. The molecular weight excluding hydrogens is 214 g/mol. The summed E-state index contributed by atoms with van der Waals surface area (Å²) in [6.07, 6.45) is 5.10. The van der Waals surface area contributed by atoms with E-state index in [9.17, 15) is 4.79 Å². The van der Waals surface area contributed by atoms with Gasteiger partial charge in [0.25, 0.3) is 0 Å². The van der Waals surface area contributed by atoms with Gasteiger partial charge in [0, 0.05) is 32.6 Å². The molecule has 0 aliphatic carbocycles. The largest absolute Gasteiger partial charge is 0.344 e. The lowest BCUT2D eigenvalue weighted by Crippen LogP contribution is -2.35. The molecule has 1 fully saturated rings. The molecule has 1 amide bonds. The van der Waals surface area contributed by atoms with E-state index in [0.29, 0.717) is 6.42 Å². The van der Waals surface area contributed by atoms with Crippen LogP contribution in [0.15, 0.2) is 0 Å². The first-order valence-corrected chi connectivity index (χ1v) is 6.81. The number of nitrogens with zero attached hydrogens (tertiary/aromatic N) is 2. The summed E-state index contributed by atoms with van der Waals surface area (Å²) in [5, 5.41) is 0. The van der Waals surface area contributed by atoms with Gasteiger partial charge >= 0.3 is 0 Å². The summed E-state index contributed by atoms with van der Waals surface area (Å²) in [4.78, 5) is 16.1. The van der Waals surface area contributed by atoms with E-state index in [1.54, 1.807) is 0 Å². The van der Waals surface area contributed by atoms with E-state index in [4.69, 9.17) is 5.73 Å². The molecular formula is C13H27N3O. The van der Waals surface area contributed by atoms with Crippen LogP contribution in [0.1, 0.15) is 39.0 Å². The van der Waals surface area contributed by atoms with Crippen molar-refractivity contribution < 1.29 is 4.79 Å². The van der Waals surface area contributed by atoms with Crippen molar-refractivity contribution in [1.82, 2.24) is 9.80 Å². The van der Waals surface area contributed by atoms with Crippen LogP contribution < -0.4 is 5.73 Å². The third-order valence-electron chi connectivity index (χ3n) is 3.43. The molecule has 4 heteroatoms. The third kappa shape index (κ3) is 6.03. The molecule has 0 radical (unpaired) electrons. The minimum absolute atomic E-state index is 0.206. The Kier molecular flexibility index (Phi) is 6.52.